The zero-order valence-electron chi connectivity index (χ0n) is 18.7. The Balaban J connectivity index is 1.88. The second-order valence-electron chi connectivity index (χ2n) is 9.74. The maximum atomic E-state index is 12.4. The maximum Gasteiger partial charge on any atom is 0.251 e. The summed E-state index contributed by atoms with van der Waals surface area (Å²) < 4.78 is 0. The van der Waals surface area contributed by atoms with Gasteiger partial charge in [-0.1, -0.05) is 65.8 Å². The fourth-order valence-corrected chi connectivity index (χ4v) is 2.95. The molecule has 0 aliphatic carbocycles. The summed E-state index contributed by atoms with van der Waals surface area (Å²) in [4.78, 5) is 24.8. The molecular weight excluding hydrogens is 360 g/mol. The van der Waals surface area contributed by atoms with E-state index >= 15 is 0 Å². The van der Waals surface area contributed by atoms with Gasteiger partial charge in [0.15, 0.2) is 0 Å². The van der Waals surface area contributed by atoms with Gasteiger partial charge in [0.2, 0.25) is 0 Å². The number of hydrogen-bond donors (Lipinski definition) is 2. The van der Waals surface area contributed by atoms with E-state index in [1.807, 2.05) is 55.5 Å². The largest absolute Gasteiger partial charge is 0.350 e. The quantitative estimate of drug-likeness (QED) is 0.763. The van der Waals surface area contributed by atoms with Crippen LogP contribution >= 0.6 is 0 Å². The van der Waals surface area contributed by atoms with Crippen molar-refractivity contribution in [3.8, 4) is 0 Å². The average molecular weight is 395 g/mol. The molecule has 0 spiro atoms. The molecule has 0 aromatic heterocycles. The van der Waals surface area contributed by atoms with E-state index in [2.05, 4.69) is 52.2 Å². The standard InChI is InChI=1S/C25H34N2O2/c1-17(27-23(29)19-10-14-21(15-11-19)25(5,6)7)16-26-22(28)18-8-12-20(13-9-18)24(2,3)4/h8-15,17H,16H2,1-7H3,(H,26,28)(H,27,29)/t17-/m1/s1. The molecule has 1 atom stereocenters. The SMILES string of the molecule is C[C@H](CNC(=O)c1ccc(C(C)(C)C)cc1)NC(=O)c1ccc(C(C)(C)C)cc1. The zero-order chi connectivity index (χ0) is 21.8. The third-order valence-corrected chi connectivity index (χ3v) is 4.97. The van der Waals surface area contributed by atoms with Crippen molar-refractivity contribution in [1.82, 2.24) is 10.6 Å². The van der Waals surface area contributed by atoms with Gasteiger partial charge in [-0.2, -0.15) is 0 Å². The predicted octanol–water partition coefficient (Wildman–Crippen LogP) is 4.83. The number of carbonyl (C=O) groups is 2. The topological polar surface area (TPSA) is 58.2 Å². The second kappa shape index (κ2) is 8.81. The summed E-state index contributed by atoms with van der Waals surface area (Å²) in [6.07, 6.45) is 0. The molecule has 4 heteroatoms. The van der Waals surface area contributed by atoms with Gasteiger partial charge in [-0.15, -0.1) is 0 Å². The van der Waals surface area contributed by atoms with E-state index in [4.69, 9.17) is 0 Å². The molecule has 0 fully saturated rings. The number of nitrogens with one attached hydrogen (secondary N) is 2. The molecule has 0 saturated heterocycles. The molecule has 0 heterocycles. The van der Waals surface area contributed by atoms with E-state index in [1.165, 1.54) is 11.1 Å². The molecule has 2 aromatic carbocycles. The molecule has 2 amide bonds. The van der Waals surface area contributed by atoms with E-state index in [9.17, 15) is 9.59 Å². The maximum absolute atomic E-state index is 12.4. The molecular formula is C25H34N2O2. The Labute approximate surface area is 175 Å². The zero-order valence-corrected chi connectivity index (χ0v) is 18.7. The molecule has 0 bridgehead atoms. The van der Waals surface area contributed by atoms with Gasteiger partial charge in [0.05, 0.1) is 0 Å². The molecule has 0 radical (unpaired) electrons. The Kier molecular flexibility index (Phi) is 6.89. The van der Waals surface area contributed by atoms with Crippen LogP contribution in [0.5, 0.6) is 0 Å². The van der Waals surface area contributed by atoms with E-state index in [0.717, 1.165) is 0 Å². The van der Waals surface area contributed by atoms with Crippen molar-refractivity contribution in [1.29, 1.82) is 0 Å². The van der Waals surface area contributed by atoms with Crippen LogP contribution in [0.15, 0.2) is 48.5 Å². The van der Waals surface area contributed by atoms with Crippen molar-refractivity contribution in [2.45, 2.75) is 65.3 Å². The lowest BCUT2D eigenvalue weighted by Gasteiger charge is -2.20. The van der Waals surface area contributed by atoms with Crippen LogP contribution in [0.1, 0.15) is 80.3 Å². The Morgan fingerprint density at radius 1 is 0.724 bits per heavy atom. The van der Waals surface area contributed by atoms with E-state index in [1.54, 1.807) is 0 Å². The van der Waals surface area contributed by atoms with Crippen LogP contribution in [0.4, 0.5) is 0 Å². The normalized spacial score (nSPS) is 12.9. The third-order valence-electron chi connectivity index (χ3n) is 4.97. The molecule has 0 aliphatic rings. The van der Waals surface area contributed by atoms with Crippen LogP contribution in [0.25, 0.3) is 0 Å². The Bertz CT molecular complexity index is 838. The minimum absolute atomic E-state index is 0.0532. The molecule has 0 aliphatic heterocycles. The summed E-state index contributed by atoms with van der Waals surface area (Å²) in [5.74, 6) is -0.275. The van der Waals surface area contributed by atoms with E-state index < -0.39 is 0 Å². The van der Waals surface area contributed by atoms with Crippen molar-refractivity contribution in [2.24, 2.45) is 0 Å². The van der Waals surface area contributed by atoms with Crippen LogP contribution in [-0.4, -0.2) is 24.4 Å². The van der Waals surface area contributed by atoms with Gasteiger partial charge in [-0.05, 0) is 53.1 Å². The number of amides is 2. The monoisotopic (exact) mass is 394 g/mol. The number of benzene rings is 2. The van der Waals surface area contributed by atoms with Crippen molar-refractivity contribution in [2.75, 3.05) is 6.54 Å². The molecule has 2 aromatic rings. The molecule has 156 valence electrons. The van der Waals surface area contributed by atoms with Gasteiger partial charge >= 0.3 is 0 Å². The van der Waals surface area contributed by atoms with Crippen molar-refractivity contribution in [3.63, 3.8) is 0 Å². The molecule has 0 saturated carbocycles. The average Bonchev–Trinajstić information content (AvgIpc) is 2.65. The first-order valence-electron chi connectivity index (χ1n) is 10.2. The van der Waals surface area contributed by atoms with Crippen LogP contribution in [-0.2, 0) is 10.8 Å². The van der Waals surface area contributed by atoms with Gasteiger partial charge in [0, 0.05) is 23.7 Å². The van der Waals surface area contributed by atoms with Crippen LogP contribution < -0.4 is 10.6 Å². The summed E-state index contributed by atoms with van der Waals surface area (Å²) in [6, 6.07) is 15.2. The number of carbonyl (C=O) groups excluding carboxylic acids is 2. The first-order valence-corrected chi connectivity index (χ1v) is 10.2. The highest BCUT2D eigenvalue weighted by Crippen LogP contribution is 2.23. The Morgan fingerprint density at radius 2 is 1.10 bits per heavy atom. The number of hydrogen-bond acceptors (Lipinski definition) is 2. The predicted molar refractivity (Wildman–Crippen MR) is 120 cm³/mol. The fraction of sp³-hybridized carbons (Fsp3) is 0.440. The smallest absolute Gasteiger partial charge is 0.251 e. The number of rotatable bonds is 5. The molecule has 0 unspecified atom stereocenters. The lowest BCUT2D eigenvalue weighted by molar-refractivity contribution is 0.0912. The summed E-state index contributed by atoms with van der Waals surface area (Å²) in [6.45, 7) is 15.1. The molecule has 2 rings (SSSR count). The van der Waals surface area contributed by atoms with E-state index in [-0.39, 0.29) is 28.7 Å². The van der Waals surface area contributed by atoms with E-state index in [0.29, 0.717) is 17.7 Å². The van der Waals surface area contributed by atoms with Crippen molar-refractivity contribution in [3.05, 3.63) is 70.8 Å². The fourth-order valence-electron chi connectivity index (χ4n) is 2.95. The highest BCUT2D eigenvalue weighted by atomic mass is 16.2. The minimum atomic E-state index is -0.178. The lowest BCUT2D eigenvalue weighted by Crippen LogP contribution is -2.41. The third kappa shape index (κ3) is 6.45. The van der Waals surface area contributed by atoms with Gasteiger partial charge in [-0.3, -0.25) is 9.59 Å². The first kappa shape index (κ1) is 22.7. The summed E-state index contributed by atoms with van der Waals surface area (Å²) in [7, 11) is 0. The van der Waals surface area contributed by atoms with Crippen LogP contribution in [0.3, 0.4) is 0 Å². The van der Waals surface area contributed by atoms with Gasteiger partial charge in [0.1, 0.15) is 0 Å². The Hall–Kier alpha value is -2.62. The van der Waals surface area contributed by atoms with Crippen molar-refractivity contribution >= 4 is 11.8 Å². The highest BCUT2D eigenvalue weighted by Gasteiger charge is 2.17. The summed E-state index contributed by atoms with van der Waals surface area (Å²) >= 11 is 0. The second-order valence-corrected chi connectivity index (χ2v) is 9.74. The van der Waals surface area contributed by atoms with Gasteiger partial charge in [0.25, 0.3) is 11.8 Å². The minimum Gasteiger partial charge on any atom is -0.350 e. The lowest BCUT2D eigenvalue weighted by atomic mass is 9.86. The Morgan fingerprint density at radius 3 is 1.48 bits per heavy atom. The van der Waals surface area contributed by atoms with Crippen LogP contribution in [0.2, 0.25) is 0 Å². The molecule has 2 N–H and O–H groups in total. The van der Waals surface area contributed by atoms with Gasteiger partial charge in [-0.25, -0.2) is 0 Å². The summed E-state index contributed by atoms with van der Waals surface area (Å²) in [5.41, 5.74) is 3.72. The highest BCUT2D eigenvalue weighted by molar-refractivity contribution is 5.95. The molecule has 4 nitrogen and oxygen atoms in total. The van der Waals surface area contributed by atoms with Crippen molar-refractivity contribution < 1.29 is 9.59 Å². The van der Waals surface area contributed by atoms with Crippen LogP contribution in [0, 0.1) is 0 Å². The first-order chi connectivity index (χ1) is 13.4. The molecule has 29 heavy (non-hydrogen) atoms. The summed E-state index contributed by atoms with van der Waals surface area (Å²) in [5, 5.41) is 5.83. The van der Waals surface area contributed by atoms with Gasteiger partial charge < -0.3 is 10.6 Å².